The maximum Gasteiger partial charge on any atom is 0.146 e. The monoisotopic (exact) mass is 279 g/mol. The topological polar surface area (TPSA) is 21.3 Å². The van der Waals surface area contributed by atoms with Crippen molar-refractivity contribution < 1.29 is 9.13 Å². The molecule has 2 aromatic carbocycles. The van der Waals surface area contributed by atoms with Crippen LogP contribution in [0.25, 0.3) is 0 Å². The zero-order chi connectivity index (χ0) is 13.7. The van der Waals surface area contributed by atoms with Gasteiger partial charge < -0.3 is 10.1 Å². The number of methoxy groups -OCH3 is 1. The van der Waals surface area contributed by atoms with Gasteiger partial charge in [-0.25, -0.2) is 4.39 Å². The van der Waals surface area contributed by atoms with Gasteiger partial charge in [0, 0.05) is 18.7 Å². The second-order valence-electron chi connectivity index (χ2n) is 4.16. The zero-order valence-electron chi connectivity index (χ0n) is 10.6. The molecule has 1 N–H and O–H groups in total. The highest BCUT2D eigenvalue weighted by molar-refractivity contribution is 6.30. The molecule has 0 amide bonds. The average molecular weight is 280 g/mol. The second-order valence-corrected chi connectivity index (χ2v) is 4.57. The molecule has 0 saturated heterocycles. The highest BCUT2D eigenvalue weighted by Gasteiger charge is 2.05. The Labute approximate surface area is 117 Å². The molecule has 0 aliphatic carbocycles. The molecular weight excluding hydrogens is 265 g/mol. The minimum absolute atomic E-state index is 0.156. The van der Waals surface area contributed by atoms with Gasteiger partial charge in [-0.1, -0.05) is 35.9 Å². The summed E-state index contributed by atoms with van der Waals surface area (Å²) in [6.07, 6.45) is 0. The summed E-state index contributed by atoms with van der Waals surface area (Å²) in [5.74, 6) is 0.469. The van der Waals surface area contributed by atoms with Crippen LogP contribution in [0.3, 0.4) is 0 Å². The van der Waals surface area contributed by atoms with Crippen molar-refractivity contribution in [1.29, 1.82) is 0 Å². The van der Waals surface area contributed by atoms with Gasteiger partial charge in [0.2, 0.25) is 0 Å². The van der Waals surface area contributed by atoms with Crippen molar-refractivity contribution in [1.82, 2.24) is 5.32 Å². The molecule has 4 heteroatoms. The highest BCUT2D eigenvalue weighted by Crippen LogP contribution is 2.17. The summed E-state index contributed by atoms with van der Waals surface area (Å²) in [7, 11) is 1.63. The molecule has 0 aliphatic heterocycles. The summed E-state index contributed by atoms with van der Waals surface area (Å²) >= 11 is 5.73. The molecule has 0 unspecified atom stereocenters. The van der Waals surface area contributed by atoms with Crippen LogP contribution in [0.4, 0.5) is 4.39 Å². The van der Waals surface area contributed by atoms with E-state index in [9.17, 15) is 4.39 Å². The van der Waals surface area contributed by atoms with E-state index in [2.05, 4.69) is 5.32 Å². The maximum absolute atomic E-state index is 13.6. The van der Waals surface area contributed by atoms with E-state index >= 15 is 0 Å². The SMILES string of the molecule is COc1ccc(CNCc2cccc(Cl)c2F)cc1. The molecule has 0 fully saturated rings. The molecular formula is C15H15ClFNO. The van der Waals surface area contributed by atoms with Crippen LogP contribution >= 0.6 is 11.6 Å². The smallest absolute Gasteiger partial charge is 0.146 e. The molecule has 0 heterocycles. The maximum atomic E-state index is 13.6. The third-order valence-corrected chi connectivity index (χ3v) is 3.13. The predicted octanol–water partition coefficient (Wildman–Crippen LogP) is 3.78. The molecule has 19 heavy (non-hydrogen) atoms. The van der Waals surface area contributed by atoms with Gasteiger partial charge in [0.25, 0.3) is 0 Å². The van der Waals surface area contributed by atoms with E-state index in [0.29, 0.717) is 18.7 Å². The van der Waals surface area contributed by atoms with Crippen LogP contribution < -0.4 is 10.1 Å². The number of nitrogens with one attached hydrogen (secondary N) is 1. The standard InChI is InChI=1S/C15H15ClFNO/c1-19-13-7-5-11(6-8-13)9-18-10-12-3-2-4-14(16)15(12)17/h2-8,18H,9-10H2,1H3. The Balaban J connectivity index is 1.90. The molecule has 0 spiro atoms. The predicted molar refractivity (Wildman–Crippen MR) is 74.9 cm³/mol. The van der Waals surface area contributed by atoms with Crippen LogP contribution in [0.2, 0.25) is 5.02 Å². The Morgan fingerprint density at radius 2 is 1.84 bits per heavy atom. The summed E-state index contributed by atoms with van der Waals surface area (Å²) in [4.78, 5) is 0. The van der Waals surface area contributed by atoms with Gasteiger partial charge in [-0.05, 0) is 23.8 Å². The summed E-state index contributed by atoms with van der Waals surface area (Å²) in [5.41, 5.74) is 1.68. The number of hydrogen-bond donors (Lipinski definition) is 1. The second kappa shape index (κ2) is 6.55. The fourth-order valence-electron chi connectivity index (χ4n) is 1.77. The van der Waals surface area contributed by atoms with Gasteiger partial charge in [-0.15, -0.1) is 0 Å². The lowest BCUT2D eigenvalue weighted by Gasteiger charge is -2.07. The summed E-state index contributed by atoms with van der Waals surface area (Å²) in [6.45, 7) is 1.11. The van der Waals surface area contributed by atoms with Gasteiger partial charge in [0.15, 0.2) is 0 Å². The number of halogens is 2. The van der Waals surface area contributed by atoms with Crippen LogP contribution in [-0.4, -0.2) is 7.11 Å². The number of rotatable bonds is 5. The highest BCUT2D eigenvalue weighted by atomic mass is 35.5. The third-order valence-electron chi connectivity index (χ3n) is 2.84. The van der Waals surface area contributed by atoms with Gasteiger partial charge in [0.05, 0.1) is 12.1 Å². The molecule has 2 nitrogen and oxygen atoms in total. The third kappa shape index (κ3) is 3.69. The number of ether oxygens (including phenoxy) is 1. The molecule has 0 aromatic heterocycles. The van der Waals surface area contributed by atoms with E-state index in [1.165, 1.54) is 0 Å². The van der Waals surface area contributed by atoms with Gasteiger partial charge in [0.1, 0.15) is 11.6 Å². The molecule has 0 aliphatic rings. The number of benzene rings is 2. The zero-order valence-corrected chi connectivity index (χ0v) is 11.4. The van der Waals surface area contributed by atoms with E-state index < -0.39 is 0 Å². The van der Waals surface area contributed by atoms with E-state index in [-0.39, 0.29) is 10.8 Å². The van der Waals surface area contributed by atoms with Gasteiger partial charge in [-0.2, -0.15) is 0 Å². The van der Waals surface area contributed by atoms with E-state index in [0.717, 1.165) is 11.3 Å². The van der Waals surface area contributed by atoms with Crippen molar-refractivity contribution in [2.45, 2.75) is 13.1 Å². The van der Waals surface area contributed by atoms with E-state index in [1.807, 2.05) is 24.3 Å². The van der Waals surface area contributed by atoms with E-state index in [4.69, 9.17) is 16.3 Å². The molecule has 2 rings (SSSR count). The minimum Gasteiger partial charge on any atom is -0.497 e. The van der Waals surface area contributed by atoms with Crippen molar-refractivity contribution in [2.75, 3.05) is 7.11 Å². The quantitative estimate of drug-likeness (QED) is 0.899. The Morgan fingerprint density at radius 1 is 1.11 bits per heavy atom. The molecule has 2 aromatic rings. The summed E-state index contributed by atoms with van der Waals surface area (Å²) in [5, 5.41) is 3.34. The normalized spacial score (nSPS) is 10.5. The fraction of sp³-hybridized carbons (Fsp3) is 0.200. The van der Waals surface area contributed by atoms with Crippen molar-refractivity contribution >= 4 is 11.6 Å². The first-order valence-corrected chi connectivity index (χ1v) is 6.35. The van der Waals surface area contributed by atoms with Crippen molar-refractivity contribution in [3.63, 3.8) is 0 Å². The van der Waals surface area contributed by atoms with Gasteiger partial charge in [-0.3, -0.25) is 0 Å². The molecule has 100 valence electrons. The van der Waals surface area contributed by atoms with Crippen LogP contribution in [0.15, 0.2) is 42.5 Å². The Morgan fingerprint density at radius 3 is 2.53 bits per heavy atom. The molecule has 0 atom stereocenters. The largest absolute Gasteiger partial charge is 0.497 e. The van der Waals surface area contributed by atoms with E-state index in [1.54, 1.807) is 25.3 Å². The average Bonchev–Trinajstić information content (AvgIpc) is 2.44. The Hall–Kier alpha value is -1.58. The lowest BCUT2D eigenvalue weighted by atomic mass is 10.2. The molecule has 0 bridgehead atoms. The first-order chi connectivity index (χ1) is 9.20. The molecule has 0 saturated carbocycles. The van der Waals surface area contributed by atoms with Crippen molar-refractivity contribution in [3.05, 3.63) is 64.4 Å². The van der Waals surface area contributed by atoms with Crippen LogP contribution in [-0.2, 0) is 13.1 Å². The van der Waals surface area contributed by atoms with Crippen molar-refractivity contribution in [2.24, 2.45) is 0 Å². The lowest BCUT2D eigenvalue weighted by molar-refractivity contribution is 0.414. The lowest BCUT2D eigenvalue weighted by Crippen LogP contribution is -2.13. The first kappa shape index (κ1) is 13.8. The van der Waals surface area contributed by atoms with Crippen molar-refractivity contribution in [3.8, 4) is 5.75 Å². The van der Waals surface area contributed by atoms with Crippen LogP contribution in [0, 0.1) is 5.82 Å². The molecule has 0 radical (unpaired) electrons. The van der Waals surface area contributed by atoms with Crippen LogP contribution in [0.1, 0.15) is 11.1 Å². The number of hydrogen-bond acceptors (Lipinski definition) is 2. The minimum atomic E-state index is -0.355. The van der Waals surface area contributed by atoms with Gasteiger partial charge >= 0.3 is 0 Å². The summed E-state index contributed by atoms with van der Waals surface area (Å²) < 4.78 is 18.7. The van der Waals surface area contributed by atoms with Crippen LogP contribution in [0.5, 0.6) is 5.75 Å². The Kier molecular flexibility index (Phi) is 4.77. The Bertz CT molecular complexity index is 542. The fourth-order valence-corrected chi connectivity index (χ4v) is 1.96. The summed E-state index contributed by atoms with van der Waals surface area (Å²) in [6, 6.07) is 12.8. The first-order valence-electron chi connectivity index (χ1n) is 5.97.